The van der Waals surface area contributed by atoms with Crippen molar-refractivity contribution in [3.8, 4) is 5.69 Å². The normalized spacial score (nSPS) is 12.5. The van der Waals surface area contributed by atoms with Gasteiger partial charge in [0.2, 0.25) is 0 Å². The van der Waals surface area contributed by atoms with Gasteiger partial charge < -0.3 is 4.90 Å². The zero-order valence-electron chi connectivity index (χ0n) is 16.0. The third-order valence-electron chi connectivity index (χ3n) is 4.56. The summed E-state index contributed by atoms with van der Waals surface area (Å²) in [6, 6.07) is 14.3. The van der Waals surface area contributed by atoms with Crippen LogP contribution in [0.2, 0.25) is 0 Å². The maximum atomic E-state index is 12.9. The standard InChI is InChI=1S/C20H22N4O3S/c1-15(17-7-9-19(10-8-17)24-14-21-13-22-24)23(2)20(25)18-6-4-5-16(11-18)12-28(3,26)27/h4-11,13-15H,12H2,1-3H3. The molecule has 0 aliphatic rings. The van der Waals surface area contributed by atoms with Gasteiger partial charge in [-0.25, -0.2) is 18.1 Å². The van der Waals surface area contributed by atoms with E-state index in [0.717, 1.165) is 11.3 Å². The molecule has 7 nitrogen and oxygen atoms in total. The number of benzene rings is 2. The van der Waals surface area contributed by atoms with Crippen molar-refractivity contribution in [2.24, 2.45) is 0 Å². The van der Waals surface area contributed by atoms with Crippen molar-refractivity contribution in [1.82, 2.24) is 19.7 Å². The summed E-state index contributed by atoms with van der Waals surface area (Å²) in [6.07, 6.45) is 4.27. The van der Waals surface area contributed by atoms with Crippen LogP contribution in [0, 0.1) is 0 Å². The van der Waals surface area contributed by atoms with Crippen LogP contribution in [-0.2, 0) is 15.6 Å². The van der Waals surface area contributed by atoms with E-state index in [1.54, 1.807) is 47.2 Å². The summed E-state index contributed by atoms with van der Waals surface area (Å²) in [4.78, 5) is 18.5. The van der Waals surface area contributed by atoms with Gasteiger partial charge in [-0.05, 0) is 42.3 Å². The predicted octanol–water partition coefficient (Wildman–Crippen LogP) is 2.65. The first-order valence-electron chi connectivity index (χ1n) is 8.73. The fraction of sp³-hybridized carbons (Fsp3) is 0.250. The molecule has 1 atom stereocenters. The number of aromatic nitrogens is 3. The molecule has 28 heavy (non-hydrogen) atoms. The smallest absolute Gasteiger partial charge is 0.254 e. The lowest BCUT2D eigenvalue weighted by Gasteiger charge is -2.26. The van der Waals surface area contributed by atoms with E-state index >= 15 is 0 Å². The molecular formula is C20H22N4O3S. The predicted molar refractivity (Wildman–Crippen MR) is 107 cm³/mol. The van der Waals surface area contributed by atoms with Gasteiger partial charge in [-0.2, -0.15) is 5.10 Å². The molecule has 0 saturated heterocycles. The number of nitrogens with zero attached hydrogens (tertiary/aromatic N) is 4. The minimum Gasteiger partial charge on any atom is -0.335 e. The van der Waals surface area contributed by atoms with Crippen molar-refractivity contribution in [1.29, 1.82) is 0 Å². The van der Waals surface area contributed by atoms with Gasteiger partial charge in [0.1, 0.15) is 12.7 Å². The number of amides is 1. The van der Waals surface area contributed by atoms with Crippen LogP contribution in [0.3, 0.4) is 0 Å². The van der Waals surface area contributed by atoms with Crippen LogP contribution in [0.1, 0.15) is 34.5 Å². The van der Waals surface area contributed by atoms with E-state index in [4.69, 9.17) is 0 Å². The Bertz CT molecular complexity index is 1060. The Kier molecular flexibility index (Phi) is 5.60. The monoisotopic (exact) mass is 398 g/mol. The van der Waals surface area contributed by atoms with Crippen LogP contribution in [0.5, 0.6) is 0 Å². The first-order valence-corrected chi connectivity index (χ1v) is 10.8. The van der Waals surface area contributed by atoms with Crippen LogP contribution in [0.15, 0.2) is 61.2 Å². The molecule has 0 N–H and O–H groups in total. The second kappa shape index (κ2) is 7.93. The highest BCUT2D eigenvalue weighted by Crippen LogP contribution is 2.22. The summed E-state index contributed by atoms with van der Waals surface area (Å²) in [7, 11) is -1.42. The van der Waals surface area contributed by atoms with E-state index in [0.29, 0.717) is 11.1 Å². The van der Waals surface area contributed by atoms with E-state index in [-0.39, 0.29) is 17.7 Å². The average molecular weight is 398 g/mol. The fourth-order valence-electron chi connectivity index (χ4n) is 2.95. The third kappa shape index (κ3) is 4.64. The van der Waals surface area contributed by atoms with Crippen molar-refractivity contribution < 1.29 is 13.2 Å². The molecule has 0 bridgehead atoms. The minimum absolute atomic E-state index is 0.0862. The van der Waals surface area contributed by atoms with E-state index in [1.165, 1.54) is 12.6 Å². The molecule has 0 fully saturated rings. The Morgan fingerprint density at radius 2 is 1.89 bits per heavy atom. The van der Waals surface area contributed by atoms with Crippen LogP contribution in [0.4, 0.5) is 0 Å². The minimum atomic E-state index is -3.16. The van der Waals surface area contributed by atoms with Gasteiger partial charge in [0.15, 0.2) is 9.84 Å². The van der Waals surface area contributed by atoms with Crippen molar-refractivity contribution >= 4 is 15.7 Å². The molecule has 3 aromatic rings. The van der Waals surface area contributed by atoms with Gasteiger partial charge in [-0.1, -0.05) is 24.3 Å². The second-order valence-electron chi connectivity index (χ2n) is 6.79. The number of hydrogen-bond donors (Lipinski definition) is 0. The summed E-state index contributed by atoms with van der Waals surface area (Å²) >= 11 is 0. The molecule has 146 valence electrons. The largest absolute Gasteiger partial charge is 0.335 e. The molecule has 0 saturated carbocycles. The van der Waals surface area contributed by atoms with Gasteiger partial charge >= 0.3 is 0 Å². The maximum Gasteiger partial charge on any atom is 0.254 e. The highest BCUT2D eigenvalue weighted by Gasteiger charge is 2.19. The number of carbonyl (C=O) groups excluding carboxylic acids is 1. The van der Waals surface area contributed by atoms with E-state index in [9.17, 15) is 13.2 Å². The first kappa shape index (κ1) is 19.8. The fourth-order valence-corrected chi connectivity index (χ4v) is 3.73. The Balaban J connectivity index is 1.76. The van der Waals surface area contributed by atoms with Gasteiger partial charge in [0, 0.05) is 18.9 Å². The Labute approximate surface area is 164 Å². The third-order valence-corrected chi connectivity index (χ3v) is 5.42. The number of carbonyl (C=O) groups is 1. The van der Waals surface area contributed by atoms with Crippen molar-refractivity contribution in [3.05, 3.63) is 77.9 Å². The Hall–Kier alpha value is -3.00. The molecule has 1 heterocycles. The number of rotatable bonds is 6. The Morgan fingerprint density at radius 3 is 2.50 bits per heavy atom. The van der Waals surface area contributed by atoms with Gasteiger partial charge in [0.25, 0.3) is 5.91 Å². The van der Waals surface area contributed by atoms with Crippen molar-refractivity contribution in [3.63, 3.8) is 0 Å². The maximum absolute atomic E-state index is 12.9. The topological polar surface area (TPSA) is 85.2 Å². The lowest BCUT2D eigenvalue weighted by molar-refractivity contribution is 0.0742. The number of sulfone groups is 1. The summed E-state index contributed by atoms with van der Waals surface area (Å²) < 4.78 is 24.7. The van der Waals surface area contributed by atoms with Crippen molar-refractivity contribution in [2.45, 2.75) is 18.7 Å². The average Bonchev–Trinajstić information content (AvgIpc) is 3.20. The number of hydrogen-bond acceptors (Lipinski definition) is 5. The second-order valence-corrected chi connectivity index (χ2v) is 8.93. The molecule has 0 aliphatic carbocycles. The molecule has 1 aromatic heterocycles. The SMILES string of the molecule is CC(c1ccc(-n2cncn2)cc1)N(C)C(=O)c1cccc(CS(C)(=O)=O)c1. The Morgan fingerprint density at radius 1 is 1.18 bits per heavy atom. The summed E-state index contributed by atoms with van der Waals surface area (Å²) in [5, 5.41) is 4.10. The van der Waals surface area contributed by atoms with E-state index in [2.05, 4.69) is 10.1 Å². The van der Waals surface area contributed by atoms with Gasteiger partial charge in [0.05, 0.1) is 17.5 Å². The highest BCUT2D eigenvalue weighted by molar-refractivity contribution is 7.89. The molecular weight excluding hydrogens is 376 g/mol. The van der Waals surface area contributed by atoms with Gasteiger partial charge in [-0.15, -0.1) is 0 Å². The molecule has 0 aliphatic heterocycles. The lowest BCUT2D eigenvalue weighted by atomic mass is 10.0. The van der Waals surface area contributed by atoms with E-state index in [1.807, 2.05) is 31.2 Å². The molecule has 2 aromatic carbocycles. The summed E-state index contributed by atoms with van der Waals surface area (Å²) in [5.74, 6) is -0.250. The van der Waals surface area contributed by atoms with Crippen LogP contribution < -0.4 is 0 Å². The van der Waals surface area contributed by atoms with Crippen molar-refractivity contribution in [2.75, 3.05) is 13.3 Å². The lowest BCUT2D eigenvalue weighted by Crippen LogP contribution is -2.29. The van der Waals surface area contributed by atoms with Crippen LogP contribution in [0.25, 0.3) is 5.69 Å². The zero-order chi connectivity index (χ0) is 20.3. The summed E-state index contributed by atoms with van der Waals surface area (Å²) in [5.41, 5.74) is 2.93. The van der Waals surface area contributed by atoms with Crippen LogP contribution in [-0.4, -0.2) is 47.3 Å². The summed E-state index contributed by atoms with van der Waals surface area (Å²) in [6.45, 7) is 1.95. The van der Waals surface area contributed by atoms with Crippen LogP contribution >= 0.6 is 0 Å². The van der Waals surface area contributed by atoms with E-state index < -0.39 is 9.84 Å². The molecule has 3 rings (SSSR count). The molecule has 0 radical (unpaired) electrons. The quantitative estimate of drug-likeness (QED) is 0.637. The van der Waals surface area contributed by atoms with Gasteiger partial charge in [-0.3, -0.25) is 4.79 Å². The molecule has 1 amide bonds. The first-order chi connectivity index (χ1) is 13.2. The highest BCUT2D eigenvalue weighted by atomic mass is 32.2. The zero-order valence-corrected chi connectivity index (χ0v) is 16.8. The molecule has 1 unspecified atom stereocenters. The molecule has 0 spiro atoms. The molecule has 8 heteroatoms.